The fraction of sp³-hybridized carbons (Fsp3) is 0.412. The van der Waals surface area contributed by atoms with Crippen molar-refractivity contribution in [1.82, 2.24) is 10.2 Å². The van der Waals surface area contributed by atoms with Crippen LogP contribution in [0.3, 0.4) is 0 Å². The zero-order valence-corrected chi connectivity index (χ0v) is 16.6. The predicted molar refractivity (Wildman–Crippen MR) is 105 cm³/mol. The number of rotatable bonds is 8. The molecule has 1 aromatic carbocycles. The lowest BCUT2D eigenvalue weighted by Gasteiger charge is -2.17. The summed E-state index contributed by atoms with van der Waals surface area (Å²) in [6, 6.07) is 7.24. The Morgan fingerprint density at radius 2 is 2.26 bits per heavy atom. The third kappa shape index (κ3) is 4.96. The highest BCUT2D eigenvalue weighted by Crippen LogP contribution is 2.30. The van der Waals surface area contributed by atoms with E-state index < -0.39 is 5.92 Å². The highest BCUT2D eigenvalue weighted by atomic mass is 32.2. The molecule has 1 fully saturated rings. The summed E-state index contributed by atoms with van der Waals surface area (Å²) in [4.78, 5) is 26.5. The lowest BCUT2D eigenvalue weighted by Crippen LogP contribution is -2.28. The van der Waals surface area contributed by atoms with Gasteiger partial charge in [-0.3, -0.25) is 9.59 Å². The number of nitrogens with zero attached hydrogens (tertiary/aromatic N) is 3. The van der Waals surface area contributed by atoms with E-state index in [4.69, 9.17) is 9.47 Å². The Balaban J connectivity index is 1.59. The summed E-state index contributed by atoms with van der Waals surface area (Å²) in [5.74, 6) is 0.693. The molecule has 1 atom stereocenters. The Morgan fingerprint density at radius 3 is 3.04 bits per heavy atom. The Bertz CT molecular complexity index is 814. The van der Waals surface area contributed by atoms with E-state index >= 15 is 0 Å². The maximum absolute atomic E-state index is 12.5. The van der Waals surface area contributed by atoms with Crippen molar-refractivity contribution in [2.75, 3.05) is 43.3 Å². The van der Waals surface area contributed by atoms with Crippen LogP contribution in [0, 0.1) is 5.92 Å². The van der Waals surface area contributed by atoms with E-state index in [0.717, 1.165) is 15.8 Å². The highest BCUT2D eigenvalue weighted by Gasteiger charge is 2.35. The number of ether oxygens (including phenoxy) is 2. The van der Waals surface area contributed by atoms with Crippen LogP contribution in [-0.4, -0.2) is 55.1 Å². The number of anilines is 2. The average molecular weight is 409 g/mol. The predicted octanol–water partition coefficient (Wildman–Crippen LogP) is 2.28. The van der Waals surface area contributed by atoms with Crippen molar-refractivity contribution in [1.29, 1.82) is 0 Å². The Hall–Kier alpha value is -2.17. The van der Waals surface area contributed by atoms with Crippen molar-refractivity contribution in [3.05, 3.63) is 24.3 Å². The van der Waals surface area contributed by atoms with E-state index in [1.54, 1.807) is 25.2 Å². The molecular weight excluding hydrogens is 388 g/mol. The minimum Gasteiger partial charge on any atom is -0.497 e. The van der Waals surface area contributed by atoms with Crippen LogP contribution in [0.4, 0.5) is 10.8 Å². The third-order valence-corrected chi connectivity index (χ3v) is 5.95. The number of methoxy groups -OCH3 is 2. The number of hydrogen-bond acceptors (Lipinski definition) is 8. The minimum atomic E-state index is -0.433. The van der Waals surface area contributed by atoms with Gasteiger partial charge in [0.25, 0.3) is 0 Å². The molecule has 27 heavy (non-hydrogen) atoms. The Labute approximate surface area is 165 Å². The van der Waals surface area contributed by atoms with Gasteiger partial charge in [0.1, 0.15) is 5.75 Å². The van der Waals surface area contributed by atoms with E-state index in [-0.39, 0.29) is 18.2 Å². The fourth-order valence-electron chi connectivity index (χ4n) is 2.65. The molecule has 1 saturated heterocycles. The van der Waals surface area contributed by atoms with Crippen molar-refractivity contribution in [2.45, 2.75) is 10.8 Å². The molecular formula is C17H20N4O4S2. The van der Waals surface area contributed by atoms with Gasteiger partial charge in [0.15, 0.2) is 4.34 Å². The Morgan fingerprint density at radius 1 is 1.41 bits per heavy atom. The molecule has 1 aliphatic heterocycles. The van der Waals surface area contributed by atoms with Gasteiger partial charge in [-0.1, -0.05) is 29.2 Å². The fourth-order valence-corrected chi connectivity index (χ4v) is 4.38. The highest BCUT2D eigenvalue weighted by molar-refractivity contribution is 8.01. The third-order valence-electron chi connectivity index (χ3n) is 4.01. The molecule has 0 bridgehead atoms. The van der Waals surface area contributed by atoms with E-state index in [0.29, 0.717) is 24.0 Å². The molecule has 1 aliphatic rings. The summed E-state index contributed by atoms with van der Waals surface area (Å²) in [5, 5.41) is 11.2. The maximum Gasteiger partial charge on any atom is 0.231 e. The van der Waals surface area contributed by atoms with Crippen LogP contribution in [-0.2, 0) is 14.3 Å². The smallest absolute Gasteiger partial charge is 0.231 e. The number of aromatic nitrogens is 2. The zero-order valence-electron chi connectivity index (χ0n) is 15.0. The van der Waals surface area contributed by atoms with Gasteiger partial charge in [-0.05, 0) is 12.1 Å². The molecule has 1 N–H and O–H groups in total. The molecule has 0 unspecified atom stereocenters. The van der Waals surface area contributed by atoms with Gasteiger partial charge in [0.05, 0.1) is 19.6 Å². The summed E-state index contributed by atoms with van der Waals surface area (Å²) >= 11 is 2.83. The molecule has 0 aliphatic carbocycles. The molecule has 144 valence electrons. The van der Waals surface area contributed by atoms with E-state index in [1.807, 2.05) is 18.2 Å². The average Bonchev–Trinajstić information content (AvgIpc) is 3.28. The number of thioether (sulfide) groups is 1. The first-order valence-electron chi connectivity index (χ1n) is 8.31. The SMILES string of the molecule is COCCSc1nnc(NC(=O)[C@H]2CC(=O)N(c3cccc(OC)c3)C2)s1. The molecule has 1 aromatic heterocycles. The molecule has 2 amide bonds. The first-order valence-corrected chi connectivity index (χ1v) is 10.1. The summed E-state index contributed by atoms with van der Waals surface area (Å²) in [6.07, 6.45) is 0.164. The number of nitrogens with one attached hydrogen (secondary N) is 1. The monoisotopic (exact) mass is 408 g/mol. The number of hydrogen-bond donors (Lipinski definition) is 1. The van der Waals surface area contributed by atoms with Crippen LogP contribution in [0.15, 0.2) is 28.6 Å². The number of carbonyl (C=O) groups excluding carboxylic acids is 2. The van der Waals surface area contributed by atoms with E-state index in [2.05, 4.69) is 15.5 Å². The number of benzene rings is 1. The van der Waals surface area contributed by atoms with Crippen molar-refractivity contribution in [3.63, 3.8) is 0 Å². The van der Waals surface area contributed by atoms with Crippen LogP contribution in [0.25, 0.3) is 0 Å². The maximum atomic E-state index is 12.5. The summed E-state index contributed by atoms with van der Waals surface area (Å²) in [5.41, 5.74) is 0.724. The van der Waals surface area contributed by atoms with Gasteiger partial charge in [-0.25, -0.2) is 0 Å². The van der Waals surface area contributed by atoms with Crippen molar-refractivity contribution < 1.29 is 19.1 Å². The largest absolute Gasteiger partial charge is 0.497 e. The molecule has 3 rings (SSSR count). The minimum absolute atomic E-state index is 0.0866. The summed E-state index contributed by atoms with van der Waals surface area (Å²) in [6.45, 7) is 0.947. The summed E-state index contributed by atoms with van der Waals surface area (Å²) < 4.78 is 11.0. The normalized spacial score (nSPS) is 16.6. The lowest BCUT2D eigenvalue weighted by atomic mass is 10.1. The number of carbonyl (C=O) groups is 2. The van der Waals surface area contributed by atoms with Gasteiger partial charge in [-0.15, -0.1) is 10.2 Å². The van der Waals surface area contributed by atoms with Crippen LogP contribution in [0.5, 0.6) is 5.75 Å². The zero-order chi connectivity index (χ0) is 19.2. The quantitative estimate of drug-likeness (QED) is 0.407. The second kappa shape index (κ2) is 9.16. The molecule has 2 aromatic rings. The standard InChI is InChI=1S/C17H20N4O4S2/c1-24-6-7-26-17-20-19-16(27-17)18-15(23)11-8-14(22)21(10-11)12-4-3-5-13(9-12)25-2/h3-5,9,11H,6-8,10H2,1-2H3,(H,18,19,23)/t11-/m0/s1. The van der Waals surface area contributed by atoms with Gasteiger partial charge in [-0.2, -0.15) is 0 Å². The van der Waals surface area contributed by atoms with Crippen molar-refractivity contribution >= 4 is 45.7 Å². The lowest BCUT2D eigenvalue weighted by molar-refractivity contribution is -0.122. The molecule has 8 nitrogen and oxygen atoms in total. The Kier molecular flexibility index (Phi) is 6.64. The van der Waals surface area contributed by atoms with Gasteiger partial charge >= 0.3 is 0 Å². The van der Waals surface area contributed by atoms with E-state index in [1.165, 1.54) is 23.1 Å². The van der Waals surface area contributed by atoms with Crippen LogP contribution in [0.2, 0.25) is 0 Å². The van der Waals surface area contributed by atoms with Crippen molar-refractivity contribution in [3.8, 4) is 5.75 Å². The van der Waals surface area contributed by atoms with Gasteiger partial charge in [0.2, 0.25) is 16.9 Å². The molecule has 0 radical (unpaired) electrons. The molecule has 10 heteroatoms. The second-order valence-corrected chi connectivity index (χ2v) is 8.13. The van der Waals surface area contributed by atoms with Crippen LogP contribution < -0.4 is 15.0 Å². The first kappa shape index (κ1) is 19.6. The first-order chi connectivity index (χ1) is 13.1. The molecule has 2 heterocycles. The van der Waals surface area contributed by atoms with Gasteiger partial charge < -0.3 is 19.7 Å². The summed E-state index contributed by atoms with van der Waals surface area (Å²) in [7, 11) is 3.22. The number of amides is 2. The van der Waals surface area contributed by atoms with Crippen LogP contribution >= 0.6 is 23.1 Å². The molecule has 0 saturated carbocycles. The van der Waals surface area contributed by atoms with E-state index in [9.17, 15) is 9.59 Å². The molecule has 0 spiro atoms. The van der Waals surface area contributed by atoms with Gasteiger partial charge in [0, 0.05) is 37.6 Å². The van der Waals surface area contributed by atoms with Crippen molar-refractivity contribution in [2.24, 2.45) is 5.92 Å². The van der Waals surface area contributed by atoms with Crippen LogP contribution in [0.1, 0.15) is 6.42 Å². The second-order valence-electron chi connectivity index (χ2n) is 5.81. The topological polar surface area (TPSA) is 93.7 Å².